The van der Waals surface area contributed by atoms with Crippen molar-refractivity contribution in [2.75, 3.05) is 5.32 Å². The third-order valence-corrected chi connectivity index (χ3v) is 5.04. The predicted molar refractivity (Wildman–Crippen MR) is 125 cm³/mol. The number of thiocarbonyl (C=S) groups is 1. The van der Waals surface area contributed by atoms with Crippen molar-refractivity contribution in [3.8, 4) is 0 Å². The van der Waals surface area contributed by atoms with Gasteiger partial charge in [0.05, 0.1) is 5.56 Å². The highest BCUT2D eigenvalue weighted by molar-refractivity contribution is 7.80. The molecule has 156 valence electrons. The van der Waals surface area contributed by atoms with E-state index >= 15 is 0 Å². The lowest BCUT2D eigenvalue weighted by Gasteiger charge is -2.10. The molecule has 4 aromatic rings. The van der Waals surface area contributed by atoms with E-state index in [1.165, 1.54) is 11.8 Å². The monoisotopic (exact) mass is 430 g/mol. The Morgan fingerprint density at radius 1 is 1.13 bits per heavy atom. The summed E-state index contributed by atoms with van der Waals surface area (Å²) in [4.78, 5) is 20.7. The number of hydrogen-bond donors (Lipinski definition) is 2. The Bertz CT molecular complexity index is 1220. The van der Waals surface area contributed by atoms with Crippen LogP contribution < -0.4 is 10.6 Å². The fourth-order valence-electron chi connectivity index (χ4n) is 3.14. The van der Waals surface area contributed by atoms with Gasteiger partial charge in [0, 0.05) is 24.5 Å². The molecule has 0 radical (unpaired) electrons. The first-order valence-corrected chi connectivity index (χ1v) is 10.4. The summed E-state index contributed by atoms with van der Waals surface area (Å²) < 4.78 is 5.89. The highest BCUT2D eigenvalue weighted by Crippen LogP contribution is 2.23. The number of oxazole rings is 1. The van der Waals surface area contributed by atoms with Crippen molar-refractivity contribution in [3.63, 3.8) is 0 Å². The Hall–Kier alpha value is -3.58. The van der Waals surface area contributed by atoms with Crippen LogP contribution in [-0.2, 0) is 6.42 Å². The molecule has 0 fully saturated rings. The first-order chi connectivity index (χ1) is 15.0. The molecular weight excluding hydrogens is 408 g/mol. The van der Waals surface area contributed by atoms with Gasteiger partial charge in [0.2, 0.25) is 0 Å². The van der Waals surface area contributed by atoms with E-state index in [1.807, 2.05) is 30.3 Å². The molecule has 31 heavy (non-hydrogen) atoms. The lowest BCUT2D eigenvalue weighted by molar-refractivity contribution is 0.0977. The third kappa shape index (κ3) is 5.13. The first kappa shape index (κ1) is 20.7. The maximum absolute atomic E-state index is 12.1. The number of benzene rings is 2. The molecule has 0 aliphatic rings. The highest BCUT2D eigenvalue weighted by Gasteiger charge is 2.10. The van der Waals surface area contributed by atoms with Gasteiger partial charge in [-0.25, -0.2) is 4.98 Å². The van der Waals surface area contributed by atoms with Gasteiger partial charge in [-0.2, -0.15) is 0 Å². The van der Waals surface area contributed by atoms with E-state index in [0.717, 1.165) is 22.4 Å². The summed E-state index contributed by atoms with van der Waals surface area (Å²) in [7, 11) is 0. The van der Waals surface area contributed by atoms with Gasteiger partial charge in [-0.15, -0.1) is 0 Å². The molecule has 1 amide bonds. The van der Waals surface area contributed by atoms with Crippen LogP contribution in [0.25, 0.3) is 11.1 Å². The normalized spacial score (nSPS) is 10.9. The zero-order chi connectivity index (χ0) is 21.8. The van der Waals surface area contributed by atoms with Crippen molar-refractivity contribution in [2.24, 2.45) is 0 Å². The van der Waals surface area contributed by atoms with Crippen molar-refractivity contribution in [3.05, 3.63) is 89.6 Å². The maximum atomic E-state index is 12.1. The predicted octanol–water partition coefficient (Wildman–Crippen LogP) is 5.06. The highest BCUT2D eigenvalue weighted by atomic mass is 32.1. The number of carbonyl (C=O) groups excluding carboxylic acids is 1. The number of aromatic nitrogens is 2. The van der Waals surface area contributed by atoms with Crippen LogP contribution in [0.2, 0.25) is 0 Å². The zero-order valence-corrected chi connectivity index (χ0v) is 18.1. The molecule has 0 spiro atoms. The summed E-state index contributed by atoms with van der Waals surface area (Å²) >= 11 is 5.23. The van der Waals surface area contributed by atoms with Crippen molar-refractivity contribution in [1.82, 2.24) is 15.3 Å². The van der Waals surface area contributed by atoms with Crippen LogP contribution in [0.1, 0.15) is 47.1 Å². The molecule has 0 atom stereocenters. The number of hydrogen-bond acceptors (Lipinski definition) is 5. The summed E-state index contributed by atoms with van der Waals surface area (Å²) in [6.07, 6.45) is 3.69. The standard InChI is InChI=1S/C24H22N4O2S/c1-15(2)17-7-10-21-20(13-17)27-22(30-21)12-16-5-8-19(9-6-16)26-24(31)28-23(29)18-4-3-11-25-14-18/h3-11,13-15H,12H2,1-2H3,(H2,26,28,29,31). The largest absolute Gasteiger partial charge is 0.440 e. The van der Waals surface area contributed by atoms with Gasteiger partial charge in [-0.3, -0.25) is 15.1 Å². The molecular formula is C24H22N4O2S. The van der Waals surface area contributed by atoms with Gasteiger partial charge in [-0.05, 0) is 65.7 Å². The minimum Gasteiger partial charge on any atom is -0.440 e. The number of rotatable bonds is 5. The summed E-state index contributed by atoms with van der Waals surface area (Å²) in [5, 5.41) is 5.88. The number of nitrogens with one attached hydrogen (secondary N) is 2. The average molecular weight is 431 g/mol. The summed E-state index contributed by atoms with van der Waals surface area (Å²) in [5.41, 5.74) is 5.21. The van der Waals surface area contributed by atoms with Gasteiger partial charge >= 0.3 is 0 Å². The van der Waals surface area contributed by atoms with Crippen LogP contribution in [0.3, 0.4) is 0 Å². The first-order valence-electron chi connectivity index (χ1n) is 9.98. The second-order valence-electron chi connectivity index (χ2n) is 7.51. The van der Waals surface area contributed by atoms with Gasteiger partial charge < -0.3 is 9.73 Å². The van der Waals surface area contributed by atoms with E-state index in [2.05, 4.69) is 46.6 Å². The zero-order valence-electron chi connectivity index (χ0n) is 17.3. The SMILES string of the molecule is CC(C)c1ccc2oc(Cc3ccc(NC(=S)NC(=O)c4cccnc4)cc3)nc2c1. The van der Waals surface area contributed by atoms with Crippen molar-refractivity contribution in [1.29, 1.82) is 0 Å². The molecule has 0 saturated heterocycles. The quantitative estimate of drug-likeness (QED) is 0.431. The van der Waals surface area contributed by atoms with Crippen molar-refractivity contribution < 1.29 is 9.21 Å². The van der Waals surface area contributed by atoms with E-state index in [0.29, 0.717) is 23.8 Å². The van der Waals surface area contributed by atoms with Gasteiger partial charge in [0.1, 0.15) is 5.52 Å². The average Bonchev–Trinajstić information content (AvgIpc) is 3.17. The molecule has 0 bridgehead atoms. The number of carbonyl (C=O) groups is 1. The third-order valence-electron chi connectivity index (χ3n) is 4.84. The molecule has 0 aliphatic heterocycles. The van der Waals surface area contributed by atoms with Gasteiger partial charge in [0.25, 0.3) is 5.91 Å². The Balaban J connectivity index is 1.37. The van der Waals surface area contributed by atoms with Gasteiger partial charge in [0.15, 0.2) is 16.6 Å². The van der Waals surface area contributed by atoms with Crippen LogP contribution in [0.15, 0.2) is 71.4 Å². The minimum atomic E-state index is -0.307. The lowest BCUT2D eigenvalue weighted by Crippen LogP contribution is -2.34. The van der Waals surface area contributed by atoms with Crippen molar-refractivity contribution >= 4 is 40.0 Å². The molecule has 2 aromatic carbocycles. The second kappa shape index (κ2) is 9.06. The number of fused-ring (bicyclic) bond motifs is 1. The summed E-state index contributed by atoms with van der Waals surface area (Å²) in [6, 6.07) is 17.3. The van der Waals surface area contributed by atoms with E-state index in [9.17, 15) is 4.79 Å². The van der Waals surface area contributed by atoms with E-state index in [-0.39, 0.29) is 11.0 Å². The van der Waals surface area contributed by atoms with Crippen LogP contribution in [0, 0.1) is 0 Å². The molecule has 0 saturated carbocycles. The Morgan fingerprint density at radius 2 is 1.94 bits per heavy atom. The smallest absolute Gasteiger partial charge is 0.258 e. The Labute approximate surface area is 185 Å². The second-order valence-corrected chi connectivity index (χ2v) is 7.92. The molecule has 0 aliphatic carbocycles. The van der Waals surface area contributed by atoms with E-state index in [1.54, 1.807) is 18.3 Å². The molecule has 7 heteroatoms. The summed E-state index contributed by atoms with van der Waals surface area (Å²) in [5.74, 6) is 0.819. The summed E-state index contributed by atoms with van der Waals surface area (Å²) in [6.45, 7) is 4.32. The van der Waals surface area contributed by atoms with Crippen LogP contribution in [0.4, 0.5) is 5.69 Å². The van der Waals surface area contributed by atoms with E-state index in [4.69, 9.17) is 16.6 Å². The maximum Gasteiger partial charge on any atom is 0.258 e. The minimum absolute atomic E-state index is 0.224. The topological polar surface area (TPSA) is 80.0 Å². The lowest BCUT2D eigenvalue weighted by atomic mass is 10.0. The molecule has 0 unspecified atom stereocenters. The Kier molecular flexibility index (Phi) is 6.04. The number of anilines is 1. The molecule has 4 rings (SSSR count). The van der Waals surface area contributed by atoms with Crippen LogP contribution in [0.5, 0.6) is 0 Å². The van der Waals surface area contributed by atoms with E-state index < -0.39 is 0 Å². The number of pyridine rings is 1. The van der Waals surface area contributed by atoms with Crippen LogP contribution >= 0.6 is 12.2 Å². The van der Waals surface area contributed by atoms with Crippen LogP contribution in [-0.4, -0.2) is 21.0 Å². The fourth-order valence-corrected chi connectivity index (χ4v) is 3.35. The number of nitrogens with zero attached hydrogens (tertiary/aromatic N) is 2. The molecule has 2 aromatic heterocycles. The van der Waals surface area contributed by atoms with Crippen molar-refractivity contribution in [2.45, 2.75) is 26.2 Å². The Morgan fingerprint density at radius 3 is 2.65 bits per heavy atom. The fraction of sp³-hybridized carbons (Fsp3) is 0.167. The number of amides is 1. The molecule has 6 nitrogen and oxygen atoms in total. The molecule has 2 heterocycles. The van der Waals surface area contributed by atoms with Gasteiger partial charge in [-0.1, -0.05) is 32.0 Å². The molecule has 2 N–H and O–H groups in total.